The van der Waals surface area contributed by atoms with Gasteiger partial charge in [0.05, 0.1) is 29.9 Å². The highest BCUT2D eigenvalue weighted by molar-refractivity contribution is 5.93. The van der Waals surface area contributed by atoms with Gasteiger partial charge in [0.2, 0.25) is 5.91 Å². The molecule has 0 aromatic carbocycles. The Morgan fingerprint density at radius 1 is 1.36 bits per heavy atom. The van der Waals surface area contributed by atoms with Crippen molar-refractivity contribution in [1.29, 1.82) is 0 Å². The number of likely N-dealkylation sites (tertiary alicyclic amines) is 1. The minimum Gasteiger partial charge on any atom is -0.468 e. The second kappa shape index (κ2) is 7.87. The third-order valence-corrected chi connectivity index (χ3v) is 4.98. The van der Waals surface area contributed by atoms with E-state index < -0.39 is 0 Å². The van der Waals surface area contributed by atoms with Crippen LogP contribution in [0.4, 0.5) is 5.69 Å². The molecule has 0 saturated carbocycles. The van der Waals surface area contributed by atoms with Gasteiger partial charge in [-0.2, -0.15) is 5.10 Å². The second-order valence-electron chi connectivity index (χ2n) is 6.89. The van der Waals surface area contributed by atoms with E-state index >= 15 is 0 Å². The van der Waals surface area contributed by atoms with Crippen LogP contribution >= 0.6 is 0 Å². The molecule has 6 heteroatoms. The third-order valence-electron chi connectivity index (χ3n) is 4.98. The Balaban J connectivity index is 1.54. The average molecular weight is 344 g/mol. The molecule has 3 heterocycles. The number of piperidine rings is 1. The van der Waals surface area contributed by atoms with Gasteiger partial charge in [0.15, 0.2) is 0 Å². The molecule has 3 rings (SSSR count). The van der Waals surface area contributed by atoms with Crippen LogP contribution in [0, 0.1) is 19.8 Å². The van der Waals surface area contributed by atoms with Crippen LogP contribution in [0.2, 0.25) is 0 Å². The van der Waals surface area contributed by atoms with Crippen molar-refractivity contribution in [3.05, 3.63) is 35.5 Å². The minimum atomic E-state index is 0.0705. The van der Waals surface area contributed by atoms with Crippen LogP contribution in [0.3, 0.4) is 0 Å². The summed E-state index contributed by atoms with van der Waals surface area (Å²) < 4.78 is 7.39. The van der Waals surface area contributed by atoms with Gasteiger partial charge in [0.25, 0.3) is 0 Å². The van der Waals surface area contributed by atoms with Gasteiger partial charge in [-0.1, -0.05) is 6.92 Å². The number of carbonyl (C=O) groups is 1. The fraction of sp³-hybridized carbons (Fsp3) is 0.579. The molecule has 1 amide bonds. The fourth-order valence-corrected chi connectivity index (χ4v) is 3.51. The van der Waals surface area contributed by atoms with Crippen molar-refractivity contribution in [1.82, 2.24) is 14.7 Å². The maximum absolute atomic E-state index is 12.7. The van der Waals surface area contributed by atoms with Crippen molar-refractivity contribution in [3.63, 3.8) is 0 Å². The molecule has 136 valence electrons. The molecule has 0 atom stereocenters. The van der Waals surface area contributed by atoms with Crippen LogP contribution in [0.25, 0.3) is 0 Å². The number of aromatic nitrogens is 2. The zero-order valence-electron chi connectivity index (χ0n) is 15.4. The number of aryl methyl sites for hydroxylation is 2. The zero-order valence-corrected chi connectivity index (χ0v) is 15.4. The molecule has 0 aliphatic carbocycles. The van der Waals surface area contributed by atoms with Crippen LogP contribution in [-0.2, 0) is 17.9 Å². The predicted octanol–water partition coefficient (Wildman–Crippen LogP) is 3.35. The number of anilines is 1. The van der Waals surface area contributed by atoms with E-state index in [0.29, 0.717) is 0 Å². The summed E-state index contributed by atoms with van der Waals surface area (Å²) in [5.74, 6) is 1.18. The Kier molecular flexibility index (Phi) is 5.58. The summed E-state index contributed by atoms with van der Waals surface area (Å²) in [5, 5.41) is 7.66. The van der Waals surface area contributed by atoms with Gasteiger partial charge in [-0.25, -0.2) is 0 Å². The molecule has 2 aromatic heterocycles. The van der Waals surface area contributed by atoms with Crippen LogP contribution < -0.4 is 5.32 Å². The highest BCUT2D eigenvalue weighted by Gasteiger charge is 2.26. The average Bonchev–Trinajstić information content (AvgIpc) is 3.20. The molecule has 0 bridgehead atoms. The number of carbonyl (C=O) groups excluding carboxylic acids is 1. The molecular formula is C19H28N4O2. The van der Waals surface area contributed by atoms with Gasteiger partial charge in [0, 0.05) is 12.5 Å². The molecule has 0 radical (unpaired) electrons. The van der Waals surface area contributed by atoms with Crippen molar-refractivity contribution in [2.45, 2.75) is 53.1 Å². The van der Waals surface area contributed by atoms with Gasteiger partial charge < -0.3 is 9.73 Å². The minimum absolute atomic E-state index is 0.0705. The van der Waals surface area contributed by atoms with Gasteiger partial charge in [-0.15, -0.1) is 0 Å². The smallest absolute Gasteiger partial charge is 0.227 e. The van der Waals surface area contributed by atoms with E-state index in [4.69, 9.17) is 4.42 Å². The van der Waals surface area contributed by atoms with E-state index in [0.717, 1.165) is 68.3 Å². The van der Waals surface area contributed by atoms with E-state index in [9.17, 15) is 4.79 Å². The first-order chi connectivity index (χ1) is 12.1. The van der Waals surface area contributed by atoms with Crippen molar-refractivity contribution in [3.8, 4) is 0 Å². The van der Waals surface area contributed by atoms with Gasteiger partial charge >= 0.3 is 0 Å². The molecule has 25 heavy (non-hydrogen) atoms. The van der Waals surface area contributed by atoms with E-state index in [1.165, 1.54) is 0 Å². The number of nitrogens with one attached hydrogen (secondary N) is 1. The highest BCUT2D eigenvalue weighted by atomic mass is 16.3. The fourth-order valence-electron chi connectivity index (χ4n) is 3.51. The molecule has 1 N–H and O–H groups in total. The summed E-state index contributed by atoms with van der Waals surface area (Å²) in [6, 6.07) is 3.91. The molecule has 1 aliphatic heterocycles. The lowest BCUT2D eigenvalue weighted by atomic mass is 9.95. The van der Waals surface area contributed by atoms with Crippen LogP contribution in [-0.4, -0.2) is 33.7 Å². The van der Waals surface area contributed by atoms with Gasteiger partial charge in [-0.05, 0) is 58.3 Å². The molecular weight excluding hydrogens is 316 g/mol. The molecule has 1 aliphatic rings. The second-order valence-corrected chi connectivity index (χ2v) is 6.89. The Morgan fingerprint density at radius 2 is 2.12 bits per heavy atom. The normalized spacial score (nSPS) is 16.3. The largest absolute Gasteiger partial charge is 0.468 e. The molecule has 0 unspecified atom stereocenters. The summed E-state index contributed by atoms with van der Waals surface area (Å²) in [6.45, 7) is 9.66. The van der Waals surface area contributed by atoms with E-state index in [-0.39, 0.29) is 11.8 Å². The maximum atomic E-state index is 12.7. The topological polar surface area (TPSA) is 63.3 Å². The predicted molar refractivity (Wildman–Crippen MR) is 97.3 cm³/mol. The van der Waals surface area contributed by atoms with E-state index in [2.05, 4.69) is 22.2 Å². The monoisotopic (exact) mass is 344 g/mol. The van der Waals surface area contributed by atoms with Crippen molar-refractivity contribution in [2.75, 3.05) is 18.4 Å². The summed E-state index contributed by atoms with van der Waals surface area (Å²) >= 11 is 0. The van der Waals surface area contributed by atoms with Crippen molar-refractivity contribution in [2.24, 2.45) is 5.92 Å². The summed E-state index contributed by atoms with van der Waals surface area (Å²) in [6.07, 6.45) is 4.50. The number of hydrogen-bond acceptors (Lipinski definition) is 4. The number of rotatable bonds is 6. The standard InChI is InChI=1S/C19H28N4O2/c1-4-9-23-15(3)18(14(2)21-23)20-19(24)16-7-10-22(11-8-16)13-17-6-5-12-25-17/h5-6,12,16H,4,7-11,13H2,1-3H3,(H,20,24). The van der Waals surface area contributed by atoms with Crippen LogP contribution in [0.5, 0.6) is 0 Å². The first kappa shape index (κ1) is 17.7. The van der Waals surface area contributed by atoms with Crippen LogP contribution in [0.15, 0.2) is 22.8 Å². The molecule has 2 aromatic rings. The zero-order chi connectivity index (χ0) is 17.8. The van der Waals surface area contributed by atoms with Crippen molar-refractivity contribution >= 4 is 11.6 Å². The first-order valence-corrected chi connectivity index (χ1v) is 9.18. The molecule has 0 spiro atoms. The summed E-state index contributed by atoms with van der Waals surface area (Å²) in [4.78, 5) is 15.0. The van der Waals surface area contributed by atoms with Crippen molar-refractivity contribution < 1.29 is 9.21 Å². The number of furan rings is 1. The Bertz CT molecular complexity index is 697. The summed E-state index contributed by atoms with van der Waals surface area (Å²) in [5.41, 5.74) is 2.83. The maximum Gasteiger partial charge on any atom is 0.227 e. The van der Waals surface area contributed by atoms with Gasteiger partial charge in [-0.3, -0.25) is 14.4 Å². The number of nitrogens with zero attached hydrogens (tertiary/aromatic N) is 3. The Morgan fingerprint density at radius 3 is 2.76 bits per heavy atom. The Hall–Kier alpha value is -2.08. The van der Waals surface area contributed by atoms with E-state index in [1.54, 1.807) is 6.26 Å². The Labute approximate surface area is 149 Å². The molecule has 1 saturated heterocycles. The van der Waals surface area contributed by atoms with Gasteiger partial charge in [0.1, 0.15) is 5.76 Å². The quantitative estimate of drug-likeness (QED) is 0.873. The molecule has 6 nitrogen and oxygen atoms in total. The summed E-state index contributed by atoms with van der Waals surface area (Å²) in [7, 11) is 0. The van der Waals surface area contributed by atoms with Crippen LogP contribution in [0.1, 0.15) is 43.3 Å². The number of hydrogen-bond donors (Lipinski definition) is 1. The lowest BCUT2D eigenvalue weighted by Gasteiger charge is -2.30. The first-order valence-electron chi connectivity index (χ1n) is 9.18. The SMILES string of the molecule is CCCn1nc(C)c(NC(=O)C2CCN(Cc3ccco3)CC2)c1C. The lowest BCUT2D eigenvalue weighted by molar-refractivity contribution is -0.121. The lowest BCUT2D eigenvalue weighted by Crippen LogP contribution is -2.37. The highest BCUT2D eigenvalue weighted by Crippen LogP contribution is 2.24. The van der Waals surface area contributed by atoms with E-state index in [1.807, 2.05) is 30.7 Å². The number of amides is 1. The third kappa shape index (κ3) is 4.12. The molecule has 1 fully saturated rings.